The standard InChI is InChI=1S/C31H44Br2N8O4/c32-22-14-20(15-23(33)18-22)16-24(35)30(45)40-25(10-6-12-39-31(37)38)27(42)17-21(13-19-7-2-1-3-8-19)29(44)41-26(28(36)43)9-4-5-11-34/h1-3,7-8,14-15,18,21,24-26H,4-6,9-13,16-17,34-35H2,(H2,36,43)(H,40,45)(H,41,44)(H4,37,38,39)/t21-,24+,25-,26+/m1/s1. The second kappa shape index (κ2) is 19.9. The zero-order chi connectivity index (χ0) is 33.4. The van der Waals surface area contributed by atoms with Gasteiger partial charge in [-0.2, -0.15) is 0 Å². The van der Waals surface area contributed by atoms with Crippen molar-refractivity contribution in [1.82, 2.24) is 10.6 Å². The summed E-state index contributed by atoms with van der Waals surface area (Å²) in [5, 5.41) is 5.52. The molecule has 14 heteroatoms. The third-order valence-corrected chi connectivity index (χ3v) is 8.03. The van der Waals surface area contributed by atoms with Gasteiger partial charge in [-0.3, -0.25) is 24.2 Å². The highest BCUT2D eigenvalue weighted by Crippen LogP contribution is 2.21. The molecule has 12 nitrogen and oxygen atoms in total. The van der Waals surface area contributed by atoms with Gasteiger partial charge in [0.2, 0.25) is 17.7 Å². The van der Waals surface area contributed by atoms with Gasteiger partial charge in [-0.05, 0) is 80.8 Å². The number of Topliss-reactive ketones (excluding diaryl/α,β-unsaturated/α-hetero) is 1. The molecule has 2 aromatic carbocycles. The van der Waals surface area contributed by atoms with Crippen molar-refractivity contribution in [3.05, 3.63) is 68.6 Å². The molecule has 4 atom stereocenters. The van der Waals surface area contributed by atoms with Crippen molar-refractivity contribution in [3.63, 3.8) is 0 Å². The number of ketones is 1. The van der Waals surface area contributed by atoms with Crippen molar-refractivity contribution in [3.8, 4) is 0 Å². The fourth-order valence-electron chi connectivity index (χ4n) is 4.78. The monoisotopic (exact) mass is 750 g/mol. The van der Waals surface area contributed by atoms with Gasteiger partial charge in [-0.15, -0.1) is 0 Å². The largest absolute Gasteiger partial charge is 0.370 e. The number of nitrogens with zero attached hydrogens (tertiary/aromatic N) is 1. The van der Waals surface area contributed by atoms with Crippen molar-refractivity contribution in [2.45, 2.75) is 69.5 Å². The Kier molecular flexibility index (Phi) is 16.8. The summed E-state index contributed by atoms with van der Waals surface area (Å²) in [7, 11) is 0. The molecule has 2 rings (SSSR count). The molecular formula is C31H44Br2N8O4. The summed E-state index contributed by atoms with van der Waals surface area (Å²) in [6.45, 7) is 0.697. The van der Waals surface area contributed by atoms with Gasteiger partial charge in [0, 0.05) is 27.8 Å². The lowest BCUT2D eigenvalue weighted by atomic mass is 9.89. The first-order valence-electron chi connectivity index (χ1n) is 14.8. The molecule has 0 unspecified atom stereocenters. The van der Waals surface area contributed by atoms with E-state index in [1.807, 2.05) is 48.5 Å². The molecule has 0 aliphatic heterocycles. The van der Waals surface area contributed by atoms with Gasteiger partial charge >= 0.3 is 0 Å². The molecule has 0 heterocycles. The number of guanidine groups is 1. The summed E-state index contributed by atoms with van der Waals surface area (Å²) < 4.78 is 1.65. The van der Waals surface area contributed by atoms with E-state index in [1.165, 1.54) is 0 Å². The van der Waals surface area contributed by atoms with Crippen molar-refractivity contribution < 1.29 is 19.2 Å². The number of carbonyl (C=O) groups is 4. The van der Waals surface area contributed by atoms with Crippen LogP contribution in [-0.4, -0.2) is 60.7 Å². The zero-order valence-corrected chi connectivity index (χ0v) is 28.4. The minimum absolute atomic E-state index is 0.0841. The number of unbranched alkanes of at least 4 members (excludes halogenated alkanes) is 1. The molecule has 246 valence electrons. The molecule has 0 saturated carbocycles. The summed E-state index contributed by atoms with van der Waals surface area (Å²) in [6.07, 6.45) is 2.49. The smallest absolute Gasteiger partial charge is 0.239 e. The van der Waals surface area contributed by atoms with Crippen LogP contribution in [0.4, 0.5) is 0 Å². The number of aliphatic imine (C=N–C) groups is 1. The Labute approximate surface area is 280 Å². The van der Waals surface area contributed by atoms with Crippen LogP contribution in [-0.2, 0) is 32.0 Å². The Bertz CT molecular complexity index is 1290. The quantitative estimate of drug-likeness (QED) is 0.0594. The lowest BCUT2D eigenvalue weighted by Crippen LogP contribution is -2.51. The highest BCUT2D eigenvalue weighted by molar-refractivity contribution is 9.11. The molecule has 0 aliphatic rings. The second-order valence-electron chi connectivity index (χ2n) is 10.9. The molecule has 2 aromatic rings. The predicted molar refractivity (Wildman–Crippen MR) is 183 cm³/mol. The minimum atomic E-state index is -0.949. The van der Waals surface area contributed by atoms with Gasteiger partial charge in [0.15, 0.2) is 11.7 Å². The van der Waals surface area contributed by atoms with Gasteiger partial charge in [-0.1, -0.05) is 62.2 Å². The summed E-state index contributed by atoms with van der Waals surface area (Å²) in [5.41, 5.74) is 29.9. The van der Waals surface area contributed by atoms with E-state index in [0.29, 0.717) is 32.2 Å². The van der Waals surface area contributed by atoms with E-state index in [-0.39, 0.29) is 44.0 Å². The van der Waals surface area contributed by atoms with E-state index in [0.717, 1.165) is 20.1 Å². The van der Waals surface area contributed by atoms with E-state index < -0.39 is 41.8 Å². The molecule has 0 aromatic heterocycles. The van der Waals surface area contributed by atoms with E-state index in [9.17, 15) is 19.2 Å². The number of halogens is 2. The molecular weight excluding hydrogens is 708 g/mol. The molecule has 12 N–H and O–H groups in total. The average Bonchev–Trinajstić information content (AvgIpc) is 2.97. The Morgan fingerprint density at radius 3 is 2.00 bits per heavy atom. The lowest BCUT2D eigenvalue weighted by Gasteiger charge is -2.24. The summed E-state index contributed by atoms with van der Waals surface area (Å²) >= 11 is 6.87. The second-order valence-corrected chi connectivity index (χ2v) is 12.7. The maximum Gasteiger partial charge on any atom is 0.239 e. The van der Waals surface area contributed by atoms with Crippen LogP contribution in [0, 0.1) is 5.92 Å². The Morgan fingerprint density at radius 2 is 1.40 bits per heavy atom. The van der Waals surface area contributed by atoms with E-state index in [2.05, 4.69) is 47.5 Å². The zero-order valence-electron chi connectivity index (χ0n) is 25.2. The van der Waals surface area contributed by atoms with Crippen molar-refractivity contribution >= 4 is 61.3 Å². The van der Waals surface area contributed by atoms with Crippen LogP contribution in [0.2, 0.25) is 0 Å². The third kappa shape index (κ3) is 14.5. The van der Waals surface area contributed by atoms with Gasteiger partial charge in [0.05, 0.1) is 12.1 Å². The van der Waals surface area contributed by atoms with Gasteiger partial charge in [-0.25, -0.2) is 0 Å². The number of amides is 3. The van der Waals surface area contributed by atoms with Crippen LogP contribution in [0.1, 0.15) is 49.7 Å². The van der Waals surface area contributed by atoms with E-state index in [1.54, 1.807) is 0 Å². The maximum atomic E-state index is 13.8. The van der Waals surface area contributed by atoms with Crippen LogP contribution in [0.3, 0.4) is 0 Å². The molecule has 0 bridgehead atoms. The first-order chi connectivity index (χ1) is 21.4. The number of rotatable bonds is 20. The van der Waals surface area contributed by atoms with Crippen LogP contribution < -0.4 is 39.3 Å². The van der Waals surface area contributed by atoms with Gasteiger partial charge in [0.1, 0.15) is 6.04 Å². The third-order valence-electron chi connectivity index (χ3n) is 7.12. The van der Waals surface area contributed by atoms with Crippen molar-refractivity contribution in [2.75, 3.05) is 13.1 Å². The normalized spacial score (nSPS) is 13.6. The maximum absolute atomic E-state index is 13.8. The van der Waals surface area contributed by atoms with Crippen LogP contribution in [0.5, 0.6) is 0 Å². The molecule has 3 amide bonds. The summed E-state index contributed by atoms with van der Waals surface area (Å²) in [4.78, 5) is 56.6. The fraction of sp³-hybridized carbons (Fsp3) is 0.452. The number of benzene rings is 2. The number of nitrogens with one attached hydrogen (secondary N) is 2. The first kappa shape index (κ1) is 37.9. The fourth-order valence-corrected chi connectivity index (χ4v) is 6.17. The molecule has 0 spiro atoms. The summed E-state index contributed by atoms with van der Waals surface area (Å²) in [6, 6.07) is 12.0. The average molecular weight is 753 g/mol. The predicted octanol–water partition coefficient (Wildman–Crippen LogP) is 1.54. The van der Waals surface area contributed by atoms with Gasteiger partial charge < -0.3 is 39.3 Å². The van der Waals surface area contributed by atoms with Crippen LogP contribution in [0.15, 0.2) is 62.5 Å². The van der Waals surface area contributed by atoms with E-state index in [4.69, 9.17) is 28.7 Å². The topological polar surface area (TPSA) is 235 Å². The van der Waals surface area contributed by atoms with Crippen molar-refractivity contribution in [2.24, 2.45) is 39.6 Å². The lowest BCUT2D eigenvalue weighted by molar-refractivity contribution is -0.133. The van der Waals surface area contributed by atoms with Crippen molar-refractivity contribution in [1.29, 1.82) is 0 Å². The number of primary amides is 1. The highest BCUT2D eigenvalue weighted by atomic mass is 79.9. The number of hydrogen-bond acceptors (Lipinski definition) is 7. The first-order valence-corrected chi connectivity index (χ1v) is 16.4. The Hall–Kier alpha value is -3.33. The molecule has 45 heavy (non-hydrogen) atoms. The SMILES string of the molecule is NCCCC[C@H](NC(=O)[C@@H](CC(=O)[C@@H](CCCN=C(N)N)NC(=O)[C@@H](N)Cc1cc(Br)cc(Br)c1)Cc1ccccc1)C(N)=O. The number of nitrogens with two attached hydrogens (primary N) is 5. The van der Waals surface area contributed by atoms with E-state index >= 15 is 0 Å². The number of carbonyl (C=O) groups excluding carboxylic acids is 4. The molecule has 0 radical (unpaired) electrons. The minimum Gasteiger partial charge on any atom is -0.370 e. The molecule has 0 aliphatic carbocycles. The Balaban J connectivity index is 2.25. The molecule has 0 fully saturated rings. The van der Waals surface area contributed by atoms with Crippen LogP contribution >= 0.6 is 31.9 Å². The summed E-state index contributed by atoms with van der Waals surface area (Å²) in [5.74, 6) is -2.93. The van der Waals surface area contributed by atoms with Gasteiger partial charge in [0.25, 0.3) is 0 Å². The Morgan fingerprint density at radius 1 is 0.778 bits per heavy atom. The highest BCUT2D eigenvalue weighted by Gasteiger charge is 2.30. The van der Waals surface area contributed by atoms with Crippen LogP contribution in [0.25, 0.3) is 0 Å². The molecule has 0 saturated heterocycles. The number of hydrogen-bond donors (Lipinski definition) is 7.